The van der Waals surface area contributed by atoms with Crippen molar-refractivity contribution >= 4 is 16.6 Å². The van der Waals surface area contributed by atoms with Gasteiger partial charge in [-0.1, -0.05) is 12.1 Å². The summed E-state index contributed by atoms with van der Waals surface area (Å²) in [5.41, 5.74) is 1.15. The molecule has 3 aromatic rings. The Kier molecular flexibility index (Phi) is 4.09. The molecule has 1 aromatic carbocycles. The van der Waals surface area contributed by atoms with Crippen molar-refractivity contribution in [2.24, 2.45) is 0 Å². The molecule has 0 bridgehead atoms. The number of aliphatic hydroxyl groups is 1. The van der Waals surface area contributed by atoms with Gasteiger partial charge in [0.2, 0.25) is 0 Å². The summed E-state index contributed by atoms with van der Waals surface area (Å²) in [5, 5.41) is 25.1. The van der Waals surface area contributed by atoms with Crippen molar-refractivity contribution in [3.63, 3.8) is 0 Å². The van der Waals surface area contributed by atoms with Gasteiger partial charge < -0.3 is 5.11 Å². The molecule has 1 unspecified atom stereocenters. The third-order valence-corrected chi connectivity index (χ3v) is 3.69. The number of hydrogen-bond donors (Lipinski definition) is 1. The highest BCUT2D eigenvalue weighted by Gasteiger charge is 2.14. The Hall–Kier alpha value is -3.07. The van der Waals surface area contributed by atoms with Gasteiger partial charge >= 0.3 is 5.69 Å². The number of benzene rings is 1. The molecule has 0 fully saturated rings. The highest BCUT2D eigenvalue weighted by molar-refractivity contribution is 5.80. The Bertz CT molecular complexity index is 962. The van der Waals surface area contributed by atoms with Crippen LogP contribution in [0.4, 0.5) is 5.69 Å². The number of para-hydroxylation sites is 1. The Morgan fingerprint density at radius 1 is 1.38 bits per heavy atom. The fraction of sp³-hybridized carbons (Fsp3) is 0.267. The Morgan fingerprint density at radius 3 is 2.88 bits per heavy atom. The van der Waals surface area contributed by atoms with E-state index in [-0.39, 0.29) is 24.3 Å². The minimum atomic E-state index is -0.939. The van der Waals surface area contributed by atoms with Crippen LogP contribution in [0.5, 0.6) is 0 Å². The first-order valence-corrected chi connectivity index (χ1v) is 7.25. The zero-order chi connectivity index (χ0) is 17.3. The van der Waals surface area contributed by atoms with Gasteiger partial charge in [-0.25, -0.2) is 4.98 Å². The third kappa shape index (κ3) is 3.01. The van der Waals surface area contributed by atoms with Crippen molar-refractivity contribution in [1.29, 1.82) is 0 Å². The number of aromatic nitrogens is 4. The lowest BCUT2D eigenvalue weighted by atomic mass is 10.1. The van der Waals surface area contributed by atoms with E-state index < -0.39 is 11.0 Å². The van der Waals surface area contributed by atoms with Gasteiger partial charge in [0.25, 0.3) is 5.56 Å². The molecule has 0 aliphatic heterocycles. The number of nitrogens with zero attached hydrogens (tertiary/aromatic N) is 5. The number of nitro groups is 1. The lowest BCUT2D eigenvalue weighted by Crippen LogP contribution is -2.29. The average Bonchev–Trinajstić information content (AvgIpc) is 2.99. The molecule has 1 N–H and O–H groups in total. The van der Waals surface area contributed by atoms with Gasteiger partial charge in [0.1, 0.15) is 12.4 Å². The zero-order valence-corrected chi connectivity index (χ0v) is 12.9. The number of aliphatic hydroxyl groups excluding tert-OH is 1. The number of rotatable bonds is 5. The van der Waals surface area contributed by atoms with Crippen LogP contribution < -0.4 is 5.56 Å². The molecule has 9 nitrogen and oxygen atoms in total. The molecule has 1 atom stereocenters. The van der Waals surface area contributed by atoms with Crippen LogP contribution in [-0.4, -0.2) is 35.5 Å². The number of aryl methyl sites for hydroxylation is 1. The Balaban J connectivity index is 1.80. The minimum absolute atomic E-state index is 0.0172. The van der Waals surface area contributed by atoms with Crippen LogP contribution >= 0.6 is 0 Å². The molecule has 3 rings (SSSR count). The summed E-state index contributed by atoms with van der Waals surface area (Å²) < 4.78 is 2.59. The first kappa shape index (κ1) is 15.8. The minimum Gasteiger partial charge on any atom is -0.389 e. The molecule has 0 radical (unpaired) electrons. The molecular weight excluding hydrogens is 314 g/mol. The second-order valence-electron chi connectivity index (χ2n) is 5.50. The van der Waals surface area contributed by atoms with E-state index >= 15 is 0 Å². The van der Waals surface area contributed by atoms with Crippen LogP contribution in [0.3, 0.4) is 0 Å². The average molecular weight is 329 g/mol. The zero-order valence-electron chi connectivity index (χ0n) is 12.9. The summed E-state index contributed by atoms with van der Waals surface area (Å²) in [7, 11) is 0. The standard InChI is InChI=1S/C15H15N5O4/c1-10-3-2-4-13-14(10)16-9-18(15(13)22)7-12(21)8-19-6-11(5-17-19)20(23)24/h2-6,9,12,21H,7-8H2,1H3. The molecule has 0 saturated heterocycles. The van der Waals surface area contributed by atoms with Gasteiger partial charge in [0.05, 0.1) is 41.3 Å². The molecule has 0 saturated carbocycles. The predicted octanol–water partition coefficient (Wildman–Crippen LogP) is 0.871. The topological polar surface area (TPSA) is 116 Å². The smallest absolute Gasteiger partial charge is 0.306 e. The highest BCUT2D eigenvalue weighted by Crippen LogP contribution is 2.12. The predicted molar refractivity (Wildman–Crippen MR) is 85.6 cm³/mol. The molecule has 0 spiro atoms. The Labute approximate surface area is 135 Å². The molecular formula is C15H15N5O4. The lowest BCUT2D eigenvalue weighted by molar-refractivity contribution is -0.385. The van der Waals surface area contributed by atoms with E-state index in [1.165, 1.54) is 21.8 Å². The second kappa shape index (κ2) is 6.20. The largest absolute Gasteiger partial charge is 0.389 e. The first-order chi connectivity index (χ1) is 11.5. The van der Waals surface area contributed by atoms with E-state index in [1.807, 2.05) is 13.0 Å². The summed E-state index contributed by atoms with van der Waals surface area (Å²) in [6.07, 6.45) is 2.80. The monoisotopic (exact) mass is 329 g/mol. The molecule has 9 heteroatoms. The summed E-state index contributed by atoms with van der Waals surface area (Å²) >= 11 is 0. The van der Waals surface area contributed by atoms with E-state index in [0.717, 1.165) is 11.8 Å². The maximum Gasteiger partial charge on any atom is 0.306 e. The van der Waals surface area contributed by atoms with Crippen LogP contribution in [0, 0.1) is 17.0 Å². The number of fused-ring (bicyclic) bond motifs is 1. The molecule has 2 heterocycles. The van der Waals surface area contributed by atoms with Gasteiger partial charge in [0.15, 0.2) is 0 Å². The second-order valence-corrected chi connectivity index (χ2v) is 5.50. The SMILES string of the molecule is Cc1cccc2c(=O)n(CC(O)Cn3cc([N+](=O)[O-])cn3)cnc12. The summed E-state index contributed by atoms with van der Waals surface area (Å²) in [6.45, 7) is 1.92. The molecule has 0 amide bonds. The van der Waals surface area contributed by atoms with Gasteiger partial charge in [-0.05, 0) is 18.6 Å². The molecule has 2 aromatic heterocycles. The van der Waals surface area contributed by atoms with Crippen molar-refractivity contribution in [3.8, 4) is 0 Å². The van der Waals surface area contributed by atoms with E-state index in [9.17, 15) is 20.0 Å². The van der Waals surface area contributed by atoms with Gasteiger partial charge in [-0.2, -0.15) is 5.10 Å². The van der Waals surface area contributed by atoms with E-state index in [0.29, 0.717) is 10.9 Å². The van der Waals surface area contributed by atoms with Crippen molar-refractivity contribution in [2.75, 3.05) is 0 Å². The Morgan fingerprint density at radius 2 is 2.17 bits per heavy atom. The van der Waals surface area contributed by atoms with Crippen molar-refractivity contribution in [1.82, 2.24) is 19.3 Å². The lowest BCUT2D eigenvalue weighted by Gasteiger charge is -2.13. The van der Waals surface area contributed by atoms with Crippen molar-refractivity contribution in [2.45, 2.75) is 26.1 Å². The van der Waals surface area contributed by atoms with Crippen LogP contribution in [0.25, 0.3) is 10.9 Å². The summed E-state index contributed by atoms with van der Waals surface area (Å²) in [5.74, 6) is 0. The quantitative estimate of drug-likeness (QED) is 0.548. The maximum absolute atomic E-state index is 12.5. The highest BCUT2D eigenvalue weighted by atomic mass is 16.6. The third-order valence-electron chi connectivity index (χ3n) is 3.69. The number of hydrogen-bond acceptors (Lipinski definition) is 6. The van der Waals surface area contributed by atoms with E-state index in [1.54, 1.807) is 12.1 Å². The molecule has 0 aliphatic rings. The van der Waals surface area contributed by atoms with Gasteiger partial charge in [-0.3, -0.25) is 24.2 Å². The molecule has 124 valence electrons. The van der Waals surface area contributed by atoms with Crippen molar-refractivity contribution in [3.05, 3.63) is 63.0 Å². The first-order valence-electron chi connectivity index (χ1n) is 7.25. The maximum atomic E-state index is 12.5. The van der Waals surface area contributed by atoms with Gasteiger partial charge in [0, 0.05) is 0 Å². The fourth-order valence-electron chi connectivity index (χ4n) is 2.52. The van der Waals surface area contributed by atoms with Crippen LogP contribution in [-0.2, 0) is 13.1 Å². The van der Waals surface area contributed by atoms with E-state index in [2.05, 4.69) is 10.1 Å². The van der Waals surface area contributed by atoms with Crippen LogP contribution in [0.15, 0.2) is 41.7 Å². The van der Waals surface area contributed by atoms with Crippen LogP contribution in [0.1, 0.15) is 5.56 Å². The molecule has 0 aliphatic carbocycles. The molecule has 24 heavy (non-hydrogen) atoms. The van der Waals surface area contributed by atoms with Crippen LogP contribution in [0.2, 0.25) is 0 Å². The van der Waals surface area contributed by atoms with E-state index in [4.69, 9.17) is 0 Å². The van der Waals surface area contributed by atoms with Crippen molar-refractivity contribution < 1.29 is 10.0 Å². The normalized spacial score (nSPS) is 12.4. The fourth-order valence-corrected chi connectivity index (χ4v) is 2.52. The summed E-state index contributed by atoms with van der Waals surface area (Å²) in [6, 6.07) is 5.35. The summed E-state index contributed by atoms with van der Waals surface area (Å²) in [4.78, 5) is 26.8. The van der Waals surface area contributed by atoms with Gasteiger partial charge in [-0.15, -0.1) is 0 Å².